The molecule has 1 rings (SSSR count). The van der Waals surface area contributed by atoms with E-state index in [1.807, 2.05) is 0 Å². The first-order chi connectivity index (χ1) is 4.22. The number of carbonyl (C=O) groups is 1. The van der Waals surface area contributed by atoms with Gasteiger partial charge >= 0.3 is 5.97 Å². The molecule has 9 heavy (non-hydrogen) atoms. The fourth-order valence-corrected chi connectivity index (χ4v) is 0.736. The third-order valence-corrected chi connectivity index (χ3v) is 1.51. The summed E-state index contributed by atoms with van der Waals surface area (Å²) >= 11 is 0. The Bertz CT molecular complexity index is 121. The largest absolute Gasteiger partial charge is 0.479 e. The Hall–Kier alpha value is -0.610. The molecule has 0 aliphatic carbocycles. The summed E-state index contributed by atoms with van der Waals surface area (Å²) in [7, 11) is 0. The van der Waals surface area contributed by atoms with Crippen LogP contribution in [0.25, 0.3) is 0 Å². The van der Waals surface area contributed by atoms with Crippen LogP contribution in [0.2, 0.25) is 0 Å². The molecule has 0 aromatic carbocycles. The number of nitrogens with one attached hydrogen (secondary N) is 1. The molecule has 0 saturated carbocycles. The third-order valence-electron chi connectivity index (χ3n) is 1.51. The van der Waals surface area contributed by atoms with Gasteiger partial charge in [0.1, 0.15) is 0 Å². The van der Waals surface area contributed by atoms with Crippen LogP contribution in [0.15, 0.2) is 0 Å². The molecule has 1 fully saturated rings. The number of aliphatic hydroxyl groups excluding tert-OH is 1. The van der Waals surface area contributed by atoms with E-state index in [2.05, 4.69) is 5.32 Å². The van der Waals surface area contributed by atoms with Gasteiger partial charge in [0.15, 0.2) is 6.10 Å². The van der Waals surface area contributed by atoms with E-state index < -0.39 is 12.1 Å². The Morgan fingerprint density at radius 2 is 2.22 bits per heavy atom. The van der Waals surface area contributed by atoms with E-state index in [9.17, 15) is 4.79 Å². The maximum absolute atomic E-state index is 10.1. The van der Waals surface area contributed by atoms with Gasteiger partial charge in [-0.05, 0) is 0 Å². The summed E-state index contributed by atoms with van der Waals surface area (Å²) < 4.78 is 0. The summed E-state index contributed by atoms with van der Waals surface area (Å²) in [6.45, 7) is 1.24. The molecule has 1 unspecified atom stereocenters. The number of rotatable bonds is 2. The minimum absolute atomic E-state index is 0.0810. The molecular formula is C5H9NO3. The standard InChI is InChI=1S/C5H9NO3/c7-4(5(8)9)3-1-6-2-3/h3-4,6-7H,1-2H2,(H,8,9). The second kappa shape index (κ2) is 2.33. The lowest BCUT2D eigenvalue weighted by Crippen LogP contribution is -2.51. The van der Waals surface area contributed by atoms with Gasteiger partial charge in [-0.3, -0.25) is 0 Å². The van der Waals surface area contributed by atoms with Crippen molar-refractivity contribution in [3.63, 3.8) is 0 Å². The maximum Gasteiger partial charge on any atom is 0.332 e. The molecule has 1 heterocycles. The van der Waals surface area contributed by atoms with Crippen molar-refractivity contribution in [2.45, 2.75) is 6.10 Å². The van der Waals surface area contributed by atoms with Gasteiger partial charge in [-0.15, -0.1) is 0 Å². The van der Waals surface area contributed by atoms with Crippen molar-refractivity contribution >= 4 is 5.97 Å². The molecule has 3 N–H and O–H groups in total. The lowest BCUT2D eigenvalue weighted by atomic mass is 9.97. The van der Waals surface area contributed by atoms with Gasteiger partial charge in [0, 0.05) is 19.0 Å². The molecular weight excluding hydrogens is 122 g/mol. The predicted molar refractivity (Wildman–Crippen MR) is 30.0 cm³/mol. The smallest absolute Gasteiger partial charge is 0.332 e. The molecule has 52 valence electrons. The average Bonchev–Trinajstić information content (AvgIpc) is 1.60. The predicted octanol–water partition coefficient (Wildman–Crippen LogP) is -1.35. The van der Waals surface area contributed by atoms with E-state index >= 15 is 0 Å². The van der Waals surface area contributed by atoms with Gasteiger partial charge in [0.25, 0.3) is 0 Å². The SMILES string of the molecule is O=C(O)C(O)C1CNC1. The number of hydrogen-bond donors (Lipinski definition) is 3. The molecule has 1 atom stereocenters. The van der Waals surface area contributed by atoms with Crippen LogP contribution >= 0.6 is 0 Å². The summed E-state index contributed by atoms with van der Waals surface area (Å²) in [6, 6.07) is 0. The molecule has 4 heteroatoms. The van der Waals surface area contributed by atoms with Crippen molar-refractivity contribution in [3.05, 3.63) is 0 Å². The second-order valence-corrected chi connectivity index (χ2v) is 2.20. The van der Waals surface area contributed by atoms with Crippen LogP contribution in [0, 0.1) is 5.92 Å². The summed E-state index contributed by atoms with van der Waals surface area (Å²) in [6.07, 6.45) is -1.17. The molecule has 0 aromatic heterocycles. The van der Waals surface area contributed by atoms with Gasteiger partial charge in [-0.2, -0.15) is 0 Å². The summed E-state index contributed by atoms with van der Waals surface area (Å²) in [4.78, 5) is 10.1. The molecule has 0 amide bonds. The van der Waals surface area contributed by atoms with Crippen LogP contribution in [0.4, 0.5) is 0 Å². The first-order valence-electron chi connectivity index (χ1n) is 2.83. The van der Waals surface area contributed by atoms with Gasteiger partial charge in [0.2, 0.25) is 0 Å². The minimum atomic E-state index is -1.17. The van der Waals surface area contributed by atoms with Crippen molar-refractivity contribution in [1.29, 1.82) is 0 Å². The Morgan fingerprint density at radius 3 is 2.33 bits per heavy atom. The fraction of sp³-hybridized carbons (Fsp3) is 0.800. The Kier molecular flexibility index (Phi) is 1.68. The molecule has 1 aliphatic rings. The highest BCUT2D eigenvalue weighted by molar-refractivity contribution is 5.72. The Balaban J connectivity index is 2.32. The van der Waals surface area contributed by atoms with Crippen molar-refractivity contribution in [2.75, 3.05) is 13.1 Å². The second-order valence-electron chi connectivity index (χ2n) is 2.20. The number of carboxylic acid groups (broad SMARTS) is 1. The van der Waals surface area contributed by atoms with Crippen molar-refractivity contribution in [3.8, 4) is 0 Å². The van der Waals surface area contributed by atoms with Crippen molar-refractivity contribution in [2.24, 2.45) is 5.92 Å². The zero-order valence-corrected chi connectivity index (χ0v) is 4.87. The quantitative estimate of drug-likeness (QED) is 0.433. The van der Waals surface area contributed by atoms with Gasteiger partial charge in [0.05, 0.1) is 0 Å². The highest BCUT2D eigenvalue weighted by Gasteiger charge is 2.29. The zero-order chi connectivity index (χ0) is 6.85. The van der Waals surface area contributed by atoms with Crippen LogP contribution in [-0.4, -0.2) is 35.4 Å². The number of aliphatic hydroxyl groups is 1. The lowest BCUT2D eigenvalue weighted by molar-refractivity contribution is -0.150. The highest BCUT2D eigenvalue weighted by Crippen LogP contribution is 2.08. The summed E-state index contributed by atoms with van der Waals surface area (Å²) in [5, 5.41) is 19.9. The van der Waals surface area contributed by atoms with E-state index in [0.29, 0.717) is 13.1 Å². The van der Waals surface area contributed by atoms with Crippen LogP contribution < -0.4 is 5.32 Å². The molecule has 1 saturated heterocycles. The summed E-state index contributed by atoms with van der Waals surface area (Å²) in [5.41, 5.74) is 0. The molecule has 0 bridgehead atoms. The Morgan fingerprint density at radius 1 is 1.67 bits per heavy atom. The zero-order valence-electron chi connectivity index (χ0n) is 4.87. The van der Waals surface area contributed by atoms with E-state index in [-0.39, 0.29) is 5.92 Å². The fourth-order valence-electron chi connectivity index (χ4n) is 0.736. The van der Waals surface area contributed by atoms with E-state index in [1.165, 1.54) is 0 Å². The van der Waals surface area contributed by atoms with Crippen LogP contribution in [0.1, 0.15) is 0 Å². The Labute approximate surface area is 52.5 Å². The highest BCUT2D eigenvalue weighted by atomic mass is 16.4. The van der Waals surface area contributed by atoms with Gasteiger partial charge in [-0.25, -0.2) is 4.79 Å². The van der Waals surface area contributed by atoms with E-state index in [1.54, 1.807) is 0 Å². The van der Waals surface area contributed by atoms with E-state index in [0.717, 1.165) is 0 Å². The van der Waals surface area contributed by atoms with Crippen LogP contribution in [-0.2, 0) is 4.79 Å². The summed E-state index contributed by atoms with van der Waals surface area (Å²) in [5.74, 6) is -1.20. The van der Waals surface area contributed by atoms with Crippen LogP contribution in [0.5, 0.6) is 0 Å². The number of hydrogen-bond acceptors (Lipinski definition) is 3. The molecule has 4 nitrogen and oxygen atoms in total. The first-order valence-corrected chi connectivity index (χ1v) is 2.83. The maximum atomic E-state index is 10.1. The monoisotopic (exact) mass is 131 g/mol. The van der Waals surface area contributed by atoms with Crippen molar-refractivity contribution < 1.29 is 15.0 Å². The van der Waals surface area contributed by atoms with Gasteiger partial charge in [-0.1, -0.05) is 0 Å². The number of carboxylic acids is 1. The minimum Gasteiger partial charge on any atom is -0.479 e. The molecule has 0 aromatic rings. The molecule has 0 radical (unpaired) electrons. The average molecular weight is 131 g/mol. The first kappa shape index (κ1) is 6.51. The van der Waals surface area contributed by atoms with Crippen LogP contribution in [0.3, 0.4) is 0 Å². The third kappa shape index (κ3) is 1.20. The van der Waals surface area contributed by atoms with Crippen molar-refractivity contribution in [1.82, 2.24) is 5.32 Å². The topological polar surface area (TPSA) is 69.6 Å². The number of aliphatic carboxylic acids is 1. The van der Waals surface area contributed by atoms with Gasteiger partial charge < -0.3 is 15.5 Å². The normalized spacial score (nSPS) is 22.8. The molecule has 1 aliphatic heterocycles. The lowest BCUT2D eigenvalue weighted by Gasteiger charge is -2.28. The van der Waals surface area contributed by atoms with E-state index in [4.69, 9.17) is 10.2 Å². The molecule has 0 spiro atoms.